The summed E-state index contributed by atoms with van der Waals surface area (Å²) in [4.78, 5) is 0. The lowest BCUT2D eigenvalue weighted by Crippen LogP contribution is -2.50. The molecule has 1 aromatic rings. The van der Waals surface area contributed by atoms with Crippen LogP contribution < -0.4 is 0 Å². The third-order valence-electron chi connectivity index (χ3n) is 2.01. The van der Waals surface area contributed by atoms with Gasteiger partial charge in [-0.25, -0.2) is 0 Å². The summed E-state index contributed by atoms with van der Waals surface area (Å²) in [5.74, 6) is 0. The minimum Gasteiger partial charge on any atom is -0.373 e. The van der Waals surface area contributed by atoms with E-state index in [2.05, 4.69) is 5.10 Å². The molecular weight excluding hydrogens is 224 g/mol. The molecular formula is C10H20N2O3Si. The fourth-order valence-corrected chi connectivity index (χ4v) is 3.94. The van der Waals surface area contributed by atoms with Gasteiger partial charge in [-0.15, -0.1) is 0 Å². The molecule has 0 aliphatic carbocycles. The Hall–Kier alpha value is -0.693. The van der Waals surface area contributed by atoms with E-state index in [0.29, 0.717) is 26.0 Å². The summed E-state index contributed by atoms with van der Waals surface area (Å²) in [5, 5.41) is 4.16. The van der Waals surface area contributed by atoms with Crippen molar-refractivity contribution in [3.8, 4) is 0 Å². The minimum absolute atomic E-state index is 0.565. The third kappa shape index (κ3) is 3.71. The molecule has 0 aliphatic heterocycles. The minimum atomic E-state index is -2.60. The first-order valence-corrected chi connectivity index (χ1v) is 7.58. The molecule has 0 aliphatic rings. The molecule has 0 bridgehead atoms. The van der Waals surface area contributed by atoms with Gasteiger partial charge in [-0.2, -0.15) is 5.10 Å². The topological polar surface area (TPSA) is 45.5 Å². The van der Waals surface area contributed by atoms with Gasteiger partial charge in [-0.05, 0) is 26.8 Å². The number of hydrogen-bond donors (Lipinski definition) is 0. The fraction of sp³-hybridized carbons (Fsp3) is 0.700. The van der Waals surface area contributed by atoms with Crippen molar-refractivity contribution in [3.63, 3.8) is 0 Å². The van der Waals surface area contributed by atoms with Crippen molar-refractivity contribution in [2.24, 2.45) is 0 Å². The first kappa shape index (κ1) is 13.4. The van der Waals surface area contributed by atoms with Gasteiger partial charge in [0.2, 0.25) is 0 Å². The highest BCUT2D eigenvalue weighted by atomic mass is 28.4. The molecule has 0 radical (unpaired) electrons. The van der Waals surface area contributed by atoms with Gasteiger partial charge in [0.1, 0.15) is 6.17 Å². The van der Waals surface area contributed by atoms with Gasteiger partial charge in [0, 0.05) is 32.2 Å². The Labute approximate surface area is 97.7 Å². The van der Waals surface area contributed by atoms with Crippen molar-refractivity contribution < 1.29 is 13.3 Å². The van der Waals surface area contributed by atoms with E-state index in [-0.39, 0.29) is 0 Å². The van der Waals surface area contributed by atoms with Crippen molar-refractivity contribution in [3.05, 3.63) is 18.5 Å². The number of aromatic nitrogens is 2. The zero-order valence-corrected chi connectivity index (χ0v) is 11.2. The highest BCUT2D eigenvalue weighted by Crippen LogP contribution is 2.12. The predicted octanol–water partition coefficient (Wildman–Crippen LogP) is 1.47. The molecule has 0 saturated carbocycles. The van der Waals surface area contributed by atoms with Gasteiger partial charge in [-0.3, -0.25) is 4.68 Å². The lowest BCUT2D eigenvalue weighted by Gasteiger charge is -2.28. The van der Waals surface area contributed by atoms with Crippen molar-refractivity contribution in [1.82, 2.24) is 9.78 Å². The van der Waals surface area contributed by atoms with Gasteiger partial charge in [0.25, 0.3) is 0 Å². The largest absolute Gasteiger partial charge is 0.523 e. The van der Waals surface area contributed by atoms with Crippen LogP contribution in [0.5, 0.6) is 0 Å². The molecule has 0 aromatic carbocycles. The van der Waals surface area contributed by atoms with E-state index in [1.807, 2.05) is 33.0 Å². The van der Waals surface area contributed by atoms with Crippen LogP contribution in [0, 0.1) is 0 Å². The van der Waals surface area contributed by atoms with E-state index in [4.69, 9.17) is 13.3 Å². The number of rotatable bonds is 8. The highest BCUT2D eigenvalue weighted by molar-refractivity contribution is 6.59. The van der Waals surface area contributed by atoms with E-state index in [1.54, 1.807) is 10.9 Å². The number of nitrogens with zero attached hydrogens (tertiary/aromatic N) is 2. The first-order chi connectivity index (χ1) is 7.76. The van der Waals surface area contributed by atoms with Gasteiger partial charge in [0.05, 0.1) is 0 Å². The van der Waals surface area contributed by atoms with Crippen LogP contribution in [0.25, 0.3) is 0 Å². The molecule has 92 valence electrons. The Bertz CT molecular complexity index is 263. The Morgan fingerprint density at radius 2 is 1.62 bits per heavy atom. The van der Waals surface area contributed by atoms with Crippen LogP contribution in [0.3, 0.4) is 0 Å². The van der Waals surface area contributed by atoms with Crippen LogP contribution in [-0.2, 0) is 19.4 Å². The first-order valence-electron chi connectivity index (χ1n) is 5.65. The number of hydrogen-bond acceptors (Lipinski definition) is 4. The molecule has 1 rings (SSSR count). The summed E-state index contributed by atoms with van der Waals surface area (Å²) < 4.78 is 19.0. The van der Waals surface area contributed by atoms with E-state index >= 15 is 0 Å². The Morgan fingerprint density at radius 1 is 1.06 bits per heavy atom. The maximum atomic E-state index is 5.72. The van der Waals surface area contributed by atoms with E-state index in [9.17, 15) is 0 Å². The summed E-state index contributed by atoms with van der Waals surface area (Å²) in [6.45, 7) is 7.61. The van der Waals surface area contributed by atoms with Gasteiger partial charge in [-0.1, -0.05) is 0 Å². The fourth-order valence-electron chi connectivity index (χ4n) is 1.51. The van der Waals surface area contributed by atoms with Crippen molar-refractivity contribution in [2.45, 2.75) is 26.9 Å². The lowest BCUT2D eigenvalue weighted by atomic mass is 10.8. The van der Waals surface area contributed by atoms with Crippen LogP contribution in [0.2, 0.25) is 0 Å². The molecule has 6 heteroatoms. The molecule has 0 amide bonds. The summed E-state index contributed by atoms with van der Waals surface area (Å²) in [7, 11) is -2.60. The lowest BCUT2D eigenvalue weighted by molar-refractivity contribution is 0.0639. The van der Waals surface area contributed by atoms with Crippen LogP contribution in [0.4, 0.5) is 0 Å². The van der Waals surface area contributed by atoms with Crippen molar-refractivity contribution in [2.75, 3.05) is 19.8 Å². The SMILES string of the molecule is CCO[Si](Cn1cccn1)(OCC)OCC. The third-order valence-corrected chi connectivity index (χ3v) is 4.90. The van der Waals surface area contributed by atoms with E-state index in [1.165, 1.54) is 0 Å². The summed E-state index contributed by atoms with van der Waals surface area (Å²) in [5.41, 5.74) is 0. The zero-order valence-electron chi connectivity index (χ0n) is 10.2. The molecule has 5 nitrogen and oxygen atoms in total. The molecule has 0 unspecified atom stereocenters. The zero-order chi connectivity index (χ0) is 11.9. The smallest absolute Gasteiger partial charge is 0.373 e. The van der Waals surface area contributed by atoms with E-state index in [0.717, 1.165) is 0 Å². The van der Waals surface area contributed by atoms with Gasteiger partial charge in [0.15, 0.2) is 0 Å². The van der Waals surface area contributed by atoms with Gasteiger partial charge < -0.3 is 13.3 Å². The quantitative estimate of drug-likeness (QED) is 0.650. The van der Waals surface area contributed by atoms with Crippen molar-refractivity contribution in [1.29, 1.82) is 0 Å². The summed E-state index contributed by atoms with van der Waals surface area (Å²) in [6.07, 6.45) is 4.19. The standard InChI is InChI=1S/C10H20N2O3Si/c1-4-13-16(14-5-2,15-6-3)10-12-9-7-8-11-12/h7-9H,4-6,10H2,1-3H3. The molecule has 16 heavy (non-hydrogen) atoms. The van der Waals surface area contributed by atoms with E-state index < -0.39 is 8.80 Å². The monoisotopic (exact) mass is 244 g/mol. The van der Waals surface area contributed by atoms with Crippen LogP contribution in [-0.4, -0.2) is 38.4 Å². The average Bonchev–Trinajstić information content (AvgIpc) is 2.71. The molecule has 1 heterocycles. The summed E-state index contributed by atoms with van der Waals surface area (Å²) in [6, 6.07) is 1.88. The second kappa shape index (κ2) is 6.80. The maximum absolute atomic E-state index is 5.72. The average molecular weight is 244 g/mol. The predicted molar refractivity (Wildman–Crippen MR) is 62.9 cm³/mol. The molecule has 0 saturated heterocycles. The molecule has 0 atom stereocenters. The van der Waals surface area contributed by atoms with Crippen LogP contribution in [0.15, 0.2) is 18.5 Å². The maximum Gasteiger partial charge on any atom is 0.523 e. The Kier molecular flexibility index (Phi) is 5.68. The Morgan fingerprint density at radius 3 is 2.00 bits per heavy atom. The Balaban J connectivity index is 2.73. The van der Waals surface area contributed by atoms with Crippen LogP contribution in [0.1, 0.15) is 20.8 Å². The van der Waals surface area contributed by atoms with Crippen LogP contribution >= 0.6 is 0 Å². The normalized spacial score (nSPS) is 11.9. The second-order valence-electron chi connectivity index (χ2n) is 3.19. The second-order valence-corrected chi connectivity index (χ2v) is 5.73. The van der Waals surface area contributed by atoms with Gasteiger partial charge >= 0.3 is 8.80 Å². The van der Waals surface area contributed by atoms with Crippen molar-refractivity contribution >= 4 is 8.80 Å². The highest BCUT2D eigenvalue weighted by Gasteiger charge is 2.41. The molecule has 0 spiro atoms. The molecule has 1 aromatic heterocycles. The molecule has 0 fully saturated rings. The molecule has 0 N–H and O–H groups in total. The summed E-state index contributed by atoms with van der Waals surface area (Å²) >= 11 is 0.